The monoisotopic (exact) mass is 302 g/mol. The zero-order valence-corrected chi connectivity index (χ0v) is 5.41. The van der Waals surface area contributed by atoms with Gasteiger partial charge in [0, 0.05) is 0 Å². The molecule has 0 aromatic rings. The van der Waals surface area contributed by atoms with Crippen LogP contribution in [0.1, 0.15) is 0 Å². The van der Waals surface area contributed by atoms with E-state index in [1.807, 2.05) is 0 Å². The first-order chi connectivity index (χ1) is 3.00. The van der Waals surface area contributed by atoms with E-state index in [4.69, 9.17) is 20.8 Å². The standard InChI is InChI=1S/Ba.H2O4S.O.Ti.2H/c;1-5(2,3)4;;;;/h;(H2,1,2,3,4);;;;. The zero-order valence-electron chi connectivity index (χ0n) is 3.03. The molecule has 0 aliphatic rings. The summed E-state index contributed by atoms with van der Waals surface area (Å²) < 4.78 is 39.8. The van der Waals surface area contributed by atoms with Crippen LogP contribution in [-0.4, -0.2) is 66.4 Å². The third-order valence-electron chi connectivity index (χ3n) is 0. The van der Waals surface area contributed by atoms with E-state index in [9.17, 15) is 0 Å². The van der Waals surface area contributed by atoms with E-state index in [0.717, 1.165) is 20.4 Å². The van der Waals surface area contributed by atoms with Crippen LogP contribution in [0.5, 0.6) is 0 Å². The van der Waals surface area contributed by atoms with E-state index in [-0.39, 0.29) is 48.9 Å². The molecule has 0 bridgehead atoms. The molecule has 8 heteroatoms. The van der Waals surface area contributed by atoms with Crippen LogP contribution < -0.4 is 0 Å². The number of hydrogen-bond acceptors (Lipinski definition) is 3. The molecule has 0 rings (SSSR count). The van der Waals surface area contributed by atoms with Crippen LogP contribution in [0.3, 0.4) is 0 Å². The molecule has 0 saturated carbocycles. The summed E-state index contributed by atoms with van der Waals surface area (Å²) in [4.78, 5) is 0. The van der Waals surface area contributed by atoms with E-state index < -0.39 is 10.4 Å². The molecule has 0 fully saturated rings. The Bertz CT molecular complexity index is 106. The summed E-state index contributed by atoms with van der Waals surface area (Å²) in [6, 6.07) is 0. The first-order valence-corrected chi connectivity index (χ1v) is 2.94. The molecular weight excluding hydrogens is 297 g/mol. The Kier molecular flexibility index (Phi) is 18.5. The van der Waals surface area contributed by atoms with Gasteiger partial charge in [0.25, 0.3) is 0 Å². The van der Waals surface area contributed by atoms with Crippen molar-refractivity contribution in [2.45, 2.75) is 0 Å². The molecule has 0 aliphatic heterocycles. The van der Waals surface area contributed by atoms with Gasteiger partial charge in [-0.15, -0.1) is 0 Å². The van der Waals surface area contributed by atoms with Gasteiger partial charge in [0.1, 0.15) is 0 Å². The molecule has 0 aromatic carbocycles. The fraction of sp³-hybridized carbons (Fsp3) is 0. The van der Waals surface area contributed by atoms with Gasteiger partial charge in [-0.1, -0.05) is 0 Å². The van der Waals surface area contributed by atoms with Crippen molar-refractivity contribution >= 4 is 59.3 Å². The fourth-order valence-corrected chi connectivity index (χ4v) is 0. The second-order valence-corrected chi connectivity index (χ2v) is 1.34. The van der Waals surface area contributed by atoms with Crippen LogP contribution in [0.2, 0.25) is 0 Å². The first kappa shape index (κ1) is 16.5. The van der Waals surface area contributed by atoms with Gasteiger partial charge in [0.15, 0.2) is 0 Å². The van der Waals surface area contributed by atoms with Gasteiger partial charge in [0.05, 0.1) is 0 Å². The molecular formula is H4BaO5STi. The average Bonchev–Trinajstić information content (AvgIpc) is 1.36. The number of rotatable bonds is 0. The quantitative estimate of drug-likeness (QED) is 0.411. The van der Waals surface area contributed by atoms with Crippen LogP contribution >= 0.6 is 0 Å². The Labute approximate surface area is 98.6 Å². The van der Waals surface area contributed by atoms with Crippen molar-refractivity contribution in [3.05, 3.63) is 0 Å². The SMILES string of the molecule is O=S(=O)(O)O.[BaH2].[O]=[Ti]. The van der Waals surface area contributed by atoms with Crippen molar-refractivity contribution in [3.63, 3.8) is 0 Å². The van der Waals surface area contributed by atoms with Crippen LogP contribution in [0, 0.1) is 0 Å². The molecule has 0 aliphatic carbocycles. The predicted octanol–water partition coefficient (Wildman–Crippen LogP) is -1.69. The third kappa shape index (κ3) is 101. The second kappa shape index (κ2) is 8.96. The van der Waals surface area contributed by atoms with Gasteiger partial charge in [-0.25, -0.2) is 0 Å². The van der Waals surface area contributed by atoms with Crippen molar-refractivity contribution in [1.82, 2.24) is 0 Å². The van der Waals surface area contributed by atoms with Crippen molar-refractivity contribution in [1.29, 1.82) is 0 Å². The average molecular weight is 301 g/mol. The topological polar surface area (TPSA) is 91.7 Å². The molecule has 0 amide bonds. The molecule has 5 nitrogen and oxygen atoms in total. The summed E-state index contributed by atoms with van der Waals surface area (Å²) >= 11 is 0.750. The predicted molar refractivity (Wildman–Crippen MR) is 23.4 cm³/mol. The van der Waals surface area contributed by atoms with Gasteiger partial charge in [0.2, 0.25) is 0 Å². The minimum atomic E-state index is -4.67. The van der Waals surface area contributed by atoms with Crippen molar-refractivity contribution in [2.75, 3.05) is 0 Å². The molecule has 46 valence electrons. The molecule has 0 radical (unpaired) electrons. The summed E-state index contributed by atoms with van der Waals surface area (Å²) in [5, 5.41) is 0. The van der Waals surface area contributed by atoms with Crippen LogP contribution in [0.4, 0.5) is 0 Å². The molecule has 0 unspecified atom stereocenters. The second-order valence-electron chi connectivity index (χ2n) is 0.448. The van der Waals surface area contributed by atoms with Gasteiger partial charge in [-0.05, 0) is 0 Å². The Hall–Kier alpha value is 1.96. The van der Waals surface area contributed by atoms with Crippen LogP contribution in [0.15, 0.2) is 0 Å². The maximum absolute atomic E-state index is 8.74. The Morgan fingerprint density at radius 2 is 1.12 bits per heavy atom. The van der Waals surface area contributed by atoms with E-state index in [1.54, 1.807) is 0 Å². The fourth-order valence-electron chi connectivity index (χ4n) is 0. The molecule has 0 heterocycles. The minimum absolute atomic E-state index is 0. The van der Waals surface area contributed by atoms with E-state index in [2.05, 4.69) is 0 Å². The van der Waals surface area contributed by atoms with E-state index in [1.165, 1.54) is 0 Å². The molecule has 0 aromatic heterocycles. The molecule has 8 heavy (non-hydrogen) atoms. The molecule has 2 N–H and O–H groups in total. The van der Waals surface area contributed by atoms with Crippen molar-refractivity contribution < 1.29 is 41.3 Å². The maximum atomic E-state index is 8.74. The van der Waals surface area contributed by atoms with Gasteiger partial charge in [-0.2, -0.15) is 8.42 Å². The van der Waals surface area contributed by atoms with Crippen LogP contribution in [0.25, 0.3) is 0 Å². The Morgan fingerprint density at radius 1 is 1.12 bits per heavy atom. The van der Waals surface area contributed by atoms with Gasteiger partial charge >= 0.3 is 83.0 Å². The first-order valence-electron chi connectivity index (χ1n) is 0.903. The molecule has 0 spiro atoms. The van der Waals surface area contributed by atoms with E-state index in [0.29, 0.717) is 0 Å². The Balaban J connectivity index is -0.0000000750. The molecule has 0 atom stereocenters. The van der Waals surface area contributed by atoms with Crippen molar-refractivity contribution in [3.8, 4) is 0 Å². The molecule has 0 saturated heterocycles. The van der Waals surface area contributed by atoms with E-state index >= 15 is 0 Å². The summed E-state index contributed by atoms with van der Waals surface area (Å²) in [6.45, 7) is 0. The van der Waals surface area contributed by atoms with Gasteiger partial charge < -0.3 is 0 Å². The van der Waals surface area contributed by atoms with Crippen molar-refractivity contribution in [2.24, 2.45) is 0 Å². The zero-order chi connectivity index (χ0) is 6.50. The normalized spacial score (nSPS) is 7.62. The summed E-state index contributed by atoms with van der Waals surface area (Å²) in [5.41, 5.74) is 0. The summed E-state index contributed by atoms with van der Waals surface area (Å²) in [6.07, 6.45) is 0. The van der Waals surface area contributed by atoms with Gasteiger partial charge in [-0.3, -0.25) is 9.11 Å². The van der Waals surface area contributed by atoms with Crippen LogP contribution in [-0.2, 0) is 34.1 Å². The Morgan fingerprint density at radius 3 is 1.12 bits per heavy atom. The number of hydrogen-bond donors (Lipinski definition) is 2. The summed E-state index contributed by atoms with van der Waals surface area (Å²) in [5.74, 6) is 0. The summed E-state index contributed by atoms with van der Waals surface area (Å²) in [7, 11) is -4.67. The third-order valence-corrected chi connectivity index (χ3v) is 0.